The van der Waals surface area contributed by atoms with Crippen molar-refractivity contribution in [2.45, 2.75) is 19.0 Å². The number of nitrogens with two attached hydrogens (primary N) is 1. The van der Waals surface area contributed by atoms with Crippen LogP contribution in [0.4, 0.5) is 25.8 Å². The van der Waals surface area contributed by atoms with E-state index in [1.807, 2.05) is 43.3 Å². The summed E-state index contributed by atoms with van der Waals surface area (Å²) in [6.45, 7) is 1.82. The van der Waals surface area contributed by atoms with Gasteiger partial charge in [0.1, 0.15) is 28.8 Å². The fraction of sp³-hybridized carbons (Fsp3) is 0.154. The average Bonchev–Trinajstić information content (AvgIpc) is 2.84. The smallest absolute Gasteiger partial charge is 0.253 e. The Morgan fingerprint density at radius 3 is 2.15 bits per heavy atom. The monoisotopic (exact) mass is 463 g/mol. The third kappa shape index (κ3) is 4.67. The van der Waals surface area contributed by atoms with Gasteiger partial charge in [-0.05, 0) is 60.0 Å². The molecule has 0 saturated carbocycles. The van der Waals surface area contributed by atoms with Gasteiger partial charge in [0.05, 0.1) is 13.2 Å². The second kappa shape index (κ2) is 9.44. The number of anilines is 3. The zero-order valence-corrected chi connectivity index (χ0v) is 18.6. The van der Waals surface area contributed by atoms with Gasteiger partial charge in [0.2, 0.25) is 0 Å². The summed E-state index contributed by atoms with van der Waals surface area (Å²) >= 11 is 0. The third-order valence-electron chi connectivity index (χ3n) is 5.69. The molecule has 0 amide bonds. The molecule has 4 N–H and O–H groups in total. The minimum absolute atomic E-state index is 0.0692. The molecule has 0 spiro atoms. The third-order valence-corrected chi connectivity index (χ3v) is 5.69. The zero-order chi connectivity index (χ0) is 24.4. The zero-order valence-electron chi connectivity index (χ0n) is 18.6. The van der Waals surface area contributed by atoms with Crippen molar-refractivity contribution in [3.05, 3.63) is 116 Å². The number of nitrogens with one attached hydrogen (secondary N) is 2. The van der Waals surface area contributed by atoms with Gasteiger partial charge in [0.15, 0.2) is 0 Å². The van der Waals surface area contributed by atoms with E-state index in [4.69, 9.17) is 10.5 Å². The highest BCUT2D eigenvalue weighted by Crippen LogP contribution is 2.30. The summed E-state index contributed by atoms with van der Waals surface area (Å²) in [4.78, 5) is 23.2. The van der Waals surface area contributed by atoms with Crippen LogP contribution in [0.25, 0.3) is 0 Å². The van der Waals surface area contributed by atoms with Crippen molar-refractivity contribution in [3.63, 3.8) is 0 Å². The Morgan fingerprint density at radius 1 is 0.853 bits per heavy atom. The molecule has 174 valence electrons. The number of hydrogen-bond acceptors (Lipinski definition) is 6. The van der Waals surface area contributed by atoms with Crippen LogP contribution in [-0.2, 0) is 0 Å². The molecular weight excluding hydrogens is 440 g/mol. The van der Waals surface area contributed by atoms with Gasteiger partial charge < -0.3 is 15.8 Å². The van der Waals surface area contributed by atoms with Gasteiger partial charge in [0.25, 0.3) is 10.9 Å². The summed E-state index contributed by atoms with van der Waals surface area (Å²) in [5, 5.41) is 6.34. The first kappa shape index (κ1) is 23.1. The number of benzene rings is 3. The summed E-state index contributed by atoms with van der Waals surface area (Å²) in [6.07, 6.45) is 0. The van der Waals surface area contributed by atoms with E-state index in [0.29, 0.717) is 17.0 Å². The molecule has 4 aromatic rings. The van der Waals surface area contributed by atoms with Gasteiger partial charge in [0, 0.05) is 17.8 Å². The molecule has 0 fully saturated rings. The lowest BCUT2D eigenvalue weighted by molar-refractivity contribution is 0.414. The topological polar surface area (TPSA) is 93.4 Å². The van der Waals surface area contributed by atoms with Crippen molar-refractivity contribution < 1.29 is 13.5 Å². The maximum Gasteiger partial charge on any atom is 0.253 e. The number of nitrogen functional groups attached to an aromatic ring is 1. The molecule has 8 heteroatoms. The highest BCUT2D eigenvalue weighted by molar-refractivity contribution is 5.76. The number of rotatable bonds is 8. The summed E-state index contributed by atoms with van der Waals surface area (Å²) < 4.78 is 32.9. The van der Waals surface area contributed by atoms with Gasteiger partial charge in [-0.15, -0.1) is 0 Å². The van der Waals surface area contributed by atoms with Crippen LogP contribution in [0.15, 0.2) is 76.3 Å². The van der Waals surface area contributed by atoms with Gasteiger partial charge >= 0.3 is 0 Å². The standard InChI is InChI=1S/C26H23F2N3O3/c1-14(17-10-18(27)13-19(28)11-17)30-23(15-6-8-21(34-2)9-7-15)16-4-3-5-20(12-16)31-24-22(29)25(32)26(24)33/h3-14,23,30-31H,29H2,1-2H3. The fourth-order valence-electron chi connectivity index (χ4n) is 3.83. The Balaban J connectivity index is 1.69. The molecule has 0 bridgehead atoms. The second-order valence-electron chi connectivity index (χ2n) is 7.99. The number of methoxy groups -OCH3 is 1. The van der Waals surface area contributed by atoms with Crippen LogP contribution in [-0.4, -0.2) is 7.11 Å². The summed E-state index contributed by atoms with van der Waals surface area (Å²) in [7, 11) is 1.58. The Labute approximate surface area is 194 Å². The van der Waals surface area contributed by atoms with E-state index in [9.17, 15) is 18.4 Å². The van der Waals surface area contributed by atoms with Crippen LogP contribution < -0.4 is 32.0 Å². The molecule has 0 saturated heterocycles. The second-order valence-corrected chi connectivity index (χ2v) is 7.99. The molecule has 34 heavy (non-hydrogen) atoms. The SMILES string of the molecule is COc1ccc(C(NC(C)c2cc(F)cc(F)c2)c2cccc(Nc3c(N)c(=O)c3=O)c2)cc1. The molecule has 0 aliphatic heterocycles. The van der Waals surface area contributed by atoms with E-state index in [1.54, 1.807) is 19.2 Å². The van der Waals surface area contributed by atoms with Crippen LogP contribution >= 0.6 is 0 Å². The predicted octanol–water partition coefficient (Wildman–Crippen LogP) is 4.34. The van der Waals surface area contributed by atoms with E-state index in [0.717, 1.165) is 17.2 Å². The minimum Gasteiger partial charge on any atom is -0.497 e. The largest absolute Gasteiger partial charge is 0.497 e. The minimum atomic E-state index is -0.701. The number of hydrogen-bond donors (Lipinski definition) is 3. The molecule has 0 heterocycles. The lowest BCUT2D eigenvalue weighted by atomic mass is 9.96. The predicted molar refractivity (Wildman–Crippen MR) is 128 cm³/mol. The fourth-order valence-corrected chi connectivity index (χ4v) is 3.83. The van der Waals surface area contributed by atoms with E-state index in [1.165, 1.54) is 12.1 Å². The van der Waals surface area contributed by atoms with Crippen molar-refractivity contribution in [2.24, 2.45) is 0 Å². The molecular formula is C26H23F2N3O3. The summed E-state index contributed by atoms with van der Waals surface area (Å²) in [5.74, 6) is -0.614. The Morgan fingerprint density at radius 2 is 1.53 bits per heavy atom. The van der Waals surface area contributed by atoms with Crippen molar-refractivity contribution in [3.8, 4) is 5.75 Å². The van der Waals surface area contributed by atoms with Crippen LogP contribution in [0.5, 0.6) is 5.75 Å². The molecule has 6 nitrogen and oxygen atoms in total. The molecule has 4 aromatic carbocycles. The van der Waals surface area contributed by atoms with Crippen LogP contribution in [0.3, 0.4) is 0 Å². The Bertz CT molecular complexity index is 1380. The first-order valence-electron chi connectivity index (χ1n) is 10.6. The molecule has 0 aliphatic rings. The van der Waals surface area contributed by atoms with E-state index in [-0.39, 0.29) is 17.4 Å². The van der Waals surface area contributed by atoms with Crippen molar-refractivity contribution in [1.29, 1.82) is 0 Å². The Hall–Kier alpha value is -4.04. The van der Waals surface area contributed by atoms with Gasteiger partial charge in [-0.3, -0.25) is 14.9 Å². The summed E-state index contributed by atoms with van der Waals surface area (Å²) in [6, 6.07) is 17.3. The lowest BCUT2D eigenvalue weighted by Crippen LogP contribution is -2.36. The number of halogens is 2. The molecule has 0 aliphatic carbocycles. The van der Waals surface area contributed by atoms with Crippen molar-refractivity contribution in [2.75, 3.05) is 18.2 Å². The molecule has 4 rings (SSSR count). The van der Waals surface area contributed by atoms with Crippen molar-refractivity contribution >= 4 is 17.1 Å². The number of ether oxygens (including phenoxy) is 1. The molecule has 0 radical (unpaired) electrons. The molecule has 2 atom stereocenters. The van der Waals surface area contributed by atoms with E-state index < -0.39 is 28.5 Å². The van der Waals surface area contributed by atoms with E-state index >= 15 is 0 Å². The maximum absolute atomic E-state index is 13.8. The van der Waals surface area contributed by atoms with Gasteiger partial charge in [-0.2, -0.15) is 0 Å². The van der Waals surface area contributed by atoms with Crippen LogP contribution in [0, 0.1) is 11.6 Å². The lowest BCUT2D eigenvalue weighted by Gasteiger charge is -2.25. The van der Waals surface area contributed by atoms with Gasteiger partial charge in [-0.1, -0.05) is 24.3 Å². The molecule has 0 aromatic heterocycles. The quantitative estimate of drug-likeness (QED) is 0.337. The van der Waals surface area contributed by atoms with Crippen LogP contribution in [0.1, 0.15) is 35.7 Å². The highest BCUT2D eigenvalue weighted by Gasteiger charge is 2.21. The Kier molecular flexibility index (Phi) is 6.43. The van der Waals surface area contributed by atoms with Crippen molar-refractivity contribution in [1.82, 2.24) is 5.32 Å². The van der Waals surface area contributed by atoms with E-state index in [2.05, 4.69) is 10.6 Å². The average molecular weight is 463 g/mol. The first-order chi connectivity index (χ1) is 16.3. The summed E-state index contributed by atoms with van der Waals surface area (Å²) in [5.41, 5.74) is 6.98. The van der Waals surface area contributed by atoms with Gasteiger partial charge in [-0.25, -0.2) is 8.78 Å². The van der Waals surface area contributed by atoms with Crippen LogP contribution in [0.2, 0.25) is 0 Å². The highest BCUT2D eigenvalue weighted by atomic mass is 19.1. The normalized spacial score (nSPS) is 12.9. The molecule has 2 unspecified atom stereocenters. The first-order valence-corrected chi connectivity index (χ1v) is 10.6. The maximum atomic E-state index is 13.8.